The minimum absolute atomic E-state index is 0.00458. The molecule has 88 valence electrons. The molecule has 1 atom stereocenters. The molecule has 1 aliphatic rings. The molecule has 6 heteroatoms. The van der Waals surface area contributed by atoms with E-state index in [0.29, 0.717) is 19.4 Å². The molecule has 1 amide bonds. The molecule has 0 aliphatic carbocycles. The van der Waals surface area contributed by atoms with Crippen LogP contribution in [0.1, 0.15) is 19.3 Å². The molecule has 0 spiro atoms. The van der Waals surface area contributed by atoms with Gasteiger partial charge < -0.3 is 10.2 Å². The van der Waals surface area contributed by atoms with Gasteiger partial charge in [0.05, 0.1) is 6.42 Å². The van der Waals surface area contributed by atoms with E-state index in [1.807, 2.05) is 0 Å². The first-order valence-electron chi connectivity index (χ1n) is 4.92. The van der Waals surface area contributed by atoms with Gasteiger partial charge in [-0.15, -0.1) is 0 Å². The van der Waals surface area contributed by atoms with Crippen LogP contribution in [0.4, 0.5) is 13.2 Å². The number of likely N-dealkylation sites (N-methyl/N-ethyl adjacent to an activating group) is 1. The molecule has 15 heavy (non-hydrogen) atoms. The fourth-order valence-corrected chi connectivity index (χ4v) is 1.60. The second kappa shape index (κ2) is 4.83. The van der Waals surface area contributed by atoms with Gasteiger partial charge in [-0.2, -0.15) is 13.2 Å². The van der Waals surface area contributed by atoms with Crippen molar-refractivity contribution in [3.8, 4) is 0 Å². The number of carbonyl (C=O) groups is 1. The van der Waals surface area contributed by atoms with Crippen molar-refractivity contribution in [3.05, 3.63) is 0 Å². The van der Waals surface area contributed by atoms with E-state index in [1.165, 1.54) is 0 Å². The van der Waals surface area contributed by atoms with Gasteiger partial charge in [0.25, 0.3) is 0 Å². The topological polar surface area (TPSA) is 32.3 Å². The van der Waals surface area contributed by atoms with Crippen molar-refractivity contribution < 1.29 is 18.0 Å². The van der Waals surface area contributed by atoms with Gasteiger partial charge in [-0.1, -0.05) is 0 Å². The third kappa shape index (κ3) is 4.51. The monoisotopic (exact) mass is 224 g/mol. The highest BCUT2D eigenvalue weighted by molar-refractivity contribution is 5.76. The first-order valence-corrected chi connectivity index (χ1v) is 4.92. The molecule has 1 rings (SSSR count). The number of nitrogens with zero attached hydrogens (tertiary/aromatic N) is 1. The van der Waals surface area contributed by atoms with Crippen molar-refractivity contribution in [2.75, 3.05) is 20.1 Å². The zero-order chi connectivity index (χ0) is 11.5. The van der Waals surface area contributed by atoms with E-state index in [-0.39, 0.29) is 18.5 Å². The van der Waals surface area contributed by atoms with Crippen molar-refractivity contribution in [1.29, 1.82) is 0 Å². The maximum absolute atomic E-state index is 11.8. The molecular weight excluding hydrogens is 209 g/mol. The highest BCUT2D eigenvalue weighted by Crippen LogP contribution is 2.18. The van der Waals surface area contributed by atoms with Crippen LogP contribution in [0.25, 0.3) is 0 Å². The van der Waals surface area contributed by atoms with Gasteiger partial charge in [-0.3, -0.25) is 4.79 Å². The molecule has 0 aromatic heterocycles. The van der Waals surface area contributed by atoms with E-state index >= 15 is 0 Å². The summed E-state index contributed by atoms with van der Waals surface area (Å²) >= 11 is 0. The average molecular weight is 224 g/mol. The van der Waals surface area contributed by atoms with E-state index in [1.54, 1.807) is 11.9 Å². The van der Waals surface area contributed by atoms with Gasteiger partial charge >= 0.3 is 6.18 Å². The summed E-state index contributed by atoms with van der Waals surface area (Å²) in [5.41, 5.74) is 0. The number of carbonyl (C=O) groups excluding carboxylic acids is 1. The van der Waals surface area contributed by atoms with Gasteiger partial charge in [0.15, 0.2) is 0 Å². The van der Waals surface area contributed by atoms with Gasteiger partial charge in [0, 0.05) is 32.6 Å². The van der Waals surface area contributed by atoms with E-state index in [0.717, 1.165) is 0 Å². The first-order chi connectivity index (χ1) is 6.88. The summed E-state index contributed by atoms with van der Waals surface area (Å²) in [5, 5.41) is 2.82. The Balaban J connectivity index is 2.20. The molecule has 1 N–H and O–H groups in total. The Labute approximate surface area is 86.6 Å². The smallest absolute Gasteiger partial charge is 0.344 e. The molecule has 1 aliphatic heterocycles. The Morgan fingerprint density at radius 1 is 1.53 bits per heavy atom. The Bertz CT molecular complexity index is 230. The zero-order valence-electron chi connectivity index (χ0n) is 8.60. The maximum Gasteiger partial charge on any atom is 0.390 e. The largest absolute Gasteiger partial charge is 0.390 e. The number of hydrogen-bond acceptors (Lipinski definition) is 2. The third-order valence-corrected chi connectivity index (χ3v) is 2.47. The Hall–Kier alpha value is -0.780. The van der Waals surface area contributed by atoms with E-state index < -0.39 is 12.6 Å². The van der Waals surface area contributed by atoms with Crippen LogP contribution in [-0.4, -0.2) is 43.2 Å². The standard InChI is InChI=1S/C9H15F3N2O/c1-14-6-7(2-3-8(14)15)13-5-4-9(10,11)12/h7,13H,2-6H2,1H3. The molecule has 0 aromatic rings. The van der Waals surface area contributed by atoms with Crippen LogP contribution in [0.2, 0.25) is 0 Å². The van der Waals surface area contributed by atoms with E-state index in [9.17, 15) is 18.0 Å². The number of piperidine rings is 1. The van der Waals surface area contributed by atoms with Crippen LogP contribution in [0, 0.1) is 0 Å². The SMILES string of the molecule is CN1CC(NCCC(F)(F)F)CCC1=O. The lowest BCUT2D eigenvalue weighted by molar-refractivity contribution is -0.136. The highest BCUT2D eigenvalue weighted by Gasteiger charge is 2.28. The lowest BCUT2D eigenvalue weighted by Crippen LogP contribution is -2.47. The van der Waals surface area contributed by atoms with Crippen LogP contribution in [-0.2, 0) is 4.79 Å². The first kappa shape index (κ1) is 12.3. The van der Waals surface area contributed by atoms with Gasteiger partial charge in [-0.25, -0.2) is 0 Å². The fourth-order valence-electron chi connectivity index (χ4n) is 1.60. The van der Waals surface area contributed by atoms with Crippen LogP contribution >= 0.6 is 0 Å². The minimum Gasteiger partial charge on any atom is -0.344 e. The summed E-state index contributed by atoms with van der Waals surface area (Å²) in [4.78, 5) is 12.6. The predicted molar refractivity (Wildman–Crippen MR) is 49.3 cm³/mol. The van der Waals surface area contributed by atoms with Crippen molar-refractivity contribution in [1.82, 2.24) is 10.2 Å². The molecule has 0 saturated carbocycles. The summed E-state index contributed by atoms with van der Waals surface area (Å²) < 4.78 is 35.5. The van der Waals surface area contributed by atoms with Crippen molar-refractivity contribution in [2.24, 2.45) is 0 Å². The third-order valence-electron chi connectivity index (χ3n) is 2.47. The number of amides is 1. The molecular formula is C9H15F3N2O. The number of hydrogen-bond donors (Lipinski definition) is 1. The fraction of sp³-hybridized carbons (Fsp3) is 0.889. The molecule has 0 radical (unpaired) electrons. The summed E-state index contributed by atoms with van der Waals surface area (Å²) in [6.07, 6.45) is -3.88. The number of likely N-dealkylation sites (tertiary alicyclic amines) is 1. The summed E-state index contributed by atoms with van der Waals surface area (Å²) in [5.74, 6) is 0.0591. The molecule has 0 bridgehead atoms. The van der Waals surface area contributed by atoms with Crippen molar-refractivity contribution in [3.63, 3.8) is 0 Å². The molecule has 1 saturated heterocycles. The van der Waals surface area contributed by atoms with Gasteiger partial charge in [-0.05, 0) is 6.42 Å². The Kier molecular flexibility index (Phi) is 3.96. The minimum atomic E-state index is -4.11. The predicted octanol–water partition coefficient (Wildman–Crippen LogP) is 1.15. The second-order valence-electron chi connectivity index (χ2n) is 3.83. The van der Waals surface area contributed by atoms with E-state index in [4.69, 9.17) is 0 Å². The molecule has 1 fully saturated rings. The number of alkyl halides is 3. The van der Waals surface area contributed by atoms with Crippen LogP contribution in [0.5, 0.6) is 0 Å². The highest BCUT2D eigenvalue weighted by atomic mass is 19.4. The molecule has 0 aromatic carbocycles. The lowest BCUT2D eigenvalue weighted by atomic mass is 10.1. The quantitative estimate of drug-likeness (QED) is 0.780. The number of rotatable bonds is 3. The number of nitrogens with one attached hydrogen (secondary N) is 1. The van der Waals surface area contributed by atoms with Gasteiger partial charge in [0.1, 0.15) is 0 Å². The Morgan fingerprint density at radius 3 is 2.73 bits per heavy atom. The molecule has 3 nitrogen and oxygen atoms in total. The Morgan fingerprint density at radius 2 is 2.20 bits per heavy atom. The average Bonchev–Trinajstić information content (AvgIpc) is 2.09. The summed E-state index contributed by atoms with van der Waals surface area (Å²) in [6, 6.07) is -0.00458. The maximum atomic E-state index is 11.8. The zero-order valence-corrected chi connectivity index (χ0v) is 8.60. The van der Waals surface area contributed by atoms with Crippen molar-refractivity contribution in [2.45, 2.75) is 31.5 Å². The lowest BCUT2D eigenvalue weighted by Gasteiger charge is -2.30. The molecule has 1 unspecified atom stereocenters. The summed E-state index contributed by atoms with van der Waals surface area (Å²) in [7, 11) is 1.67. The molecule has 1 heterocycles. The van der Waals surface area contributed by atoms with Crippen LogP contribution in [0.3, 0.4) is 0 Å². The van der Waals surface area contributed by atoms with Crippen molar-refractivity contribution >= 4 is 5.91 Å². The van der Waals surface area contributed by atoms with Crippen LogP contribution in [0.15, 0.2) is 0 Å². The van der Waals surface area contributed by atoms with Crippen LogP contribution < -0.4 is 5.32 Å². The second-order valence-corrected chi connectivity index (χ2v) is 3.83. The van der Waals surface area contributed by atoms with Gasteiger partial charge in [0.2, 0.25) is 5.91 Å². The summed E-state index contributed by atoms with van der Waals surface area (Å²) in [6.45, 7) is 0.423. The van der Waals surface area contributed by atoms with E-state index in [2.05, 4.69) is 5.32 Å². The normalized spacial score (nSPS) is 23.3. The number of halogens is 3.